The van der Waals surface area contributed by atoms with Crippen LogP contribution in [-0.4, -0.2) is 33.6 Å². The first-order chi connectivity index (χ1) is 6.30. The van der Waals surface area contributed by atoms with Crippen molar-refractivity contribution in [2.75, 3.05) is 14.1 Å². The number of nitrogens with zero attached hydrogens (tertiary/aromatic N) is 1. The van der Waals surface area contributed by atoms with Crippen molar-refractivity contribution in [3.05, 3.63) is 0 Å². The van der Waals surface area contributed by atoms with Gasteiger partial charge in [0.05, 0.1) is 19.5 Å². The van der Waals surface area contributed by atoms with Crippen LogP contribution in [0, 0.1) is 5.41 Å². The van der Waals surface area contributed by atoms with Gasteiger partial charge in [0.1, 0.15) is 0 Å². The minimum atomic E-state index is -5.42. The summed E-state index contributed by atoms with van der Waals surface area (Å²) in [4.78, 5) is 0. The van der Waals surface area contributed by atoms with Crippen molar-refractivity contribution in [3.8, 4) is 0 Å². The zero-order chi connectivity index (χ0) is 14.1. The maximum atomic E-state index is 5.74. The Kier molecular flexibility index (Phi) is 6.60. The van der Waals surface area contributed by atoms with Crippen LogP contribution in [0.5, 0.6) is 0 Å². The molecule has 0 aromatic rings. The van der Waals surface area contributed by atoms with E-state index in [1.807, 2.05) is 18.7 Å². The number of halogens is 6. The third kappa shape index (κ3) is 25.0. The number of nitrogens with two attached hydrogens (primary N) is 1. The fourth-order valence-corrected chi connectivity index (χ4v) is 0.671. The van der Waals surface area contributed by atoms with Crippen LogP contribution in [0.15, 0.2) is 0 Å². The molecule has 0 amide bonds. The van der Waals surface area contributed by atoms with Crippen LogP contribution in [0.4, 0.5) is 0 Å². The van der Waals surface area contributed by atoms with E-state index >= 15 is 0 Å². The van der Waals surface area contributed by atoms with Crippen molar-refractivity contribution in [1.82, 2.24) is 0 Å². The van der Waals surface area contributed by atoms with Gasteiger partial charge >= 0.3 is 62.1 Å². The number of hydrogen-bond acceptors (Lipinski definition) is 0. The Balaban J connectivity index is 0. The summed E-state index contributed by atoms with van der Waals surface area (Å²) in [6, 6.07) is 0. The van der Waals surface area contributed by atoms with Gasteiger partial charge in [0, 0.05) is 0 Å². The molecule has 2 N–H and O–H groups in total. The molecule has 0 spiro atoms. The molecule has 0 aromatic heterocycles. The monoisotopic (exact) mass is 460 g/mol. The van der Waals surface area contributed by atoms with Crippen LogP contribution >= 0.6 is 53.0 Å². The molecule has 0 aliphatic carbocycles. The standard InChI is InChI=1S/C7H16N2.6ClH.Sb/c1-7(2,3)6(8)9(4)5;;;;;;;/h8H,1-5H3;6*1H;/q;;;;;;;+5/p-5. The molecule has 0 bridgehead atoms. The normalized spacial score (nSPS) is 16.4. The first-order valence-corrected chi connectivity index (χ1v) is 23.6. The van der Waals surface area contributed by atoms with E-state index in [4.69, 9.17) is 58.7 Å². The van der Waals surface area contributed by atoms with E-state index in [1.165, 1.54) is 0 Å². The van der Waals surface area contributed by atoms with E-state index in [0.29, 0.717) is 0 Å². The molecule has 0 aromatic carbocycles. The van der Waals surface area contributed by atoms with Crippen LogP contribution < -0.4 is 5.73 Å². The summed E-state index contributed by atoms with van der Waals surface area (Å²) in [7, 11) is 28.9. The molecule has 0 fully saturated rings. The Hall–Kier alpha value is 2.03. The molecule has 0 aliphatic rings. The van der Waals surface area contributed by atoms with Crippen LogP contribution in [0.3, 0.4) is 0 Å². The summed E-state index contributed by atoms with van der Waals surface area (Å²) < 4.78 is 1.94. The Bertz CT molecular complexity index is 267. The molecule has 0 aliphatic heterocycles. The van der Waals surface area contributed by atoms with E-state index in [0.717, 1.165) is 5.84 Å². The zero-order valence-electron chi connectivity index (χ0n) is 9.74. The molecule has 0 saturated heterocycles. The summed E-state index contributed by atoms with van der Waals surface area (Å²) in [6.07, 6.45) is 0. The number of rotatable bonds is 0. The summed E-state index contributed by atoms with van der Waals surface area (Å²) in [5, 5.41) is 0. The molecule has 2 nitrogen and oxygen atoms in total. The molecule has 9 heteroatoms. The van der Waals surface area contributed by atoms with Crippen LogP contribution in [0.1, 0.15) is 20.8 Å². The van der Waals surface area contributed by atoms with Crippen molar-refractivity contribution >= 4 is 68.0 Å². The molecule has 102 valence electrons. The average molecular weight is 464 g/mol. The van der Waals surface area contributed by atoms with E-state index in [1.54, 1.807) is 0 Å². The first-order valence-electron chi connectivity index (χ1n) is 4.17. The van der Waals surface area contributed by atoms with Crippen LogP contribution in [-0.2, 0) is 0 Å². The summed E-state index contributed by atoms with van der Waals surface area (Å²) >= 11 is 0. The van der Waals surface area contributed by atoms with Crippen molar-refractivity contribution in [1.29, 1.82) is 0 Å². The Morgan fingerprint density at radius 2 is 1.12 bits per heavy atom. The van der Waals surface area contributed by atoms with E-state index < -0.39 is 9.14 Å². The Morgan fingerprint density at radius 1 is 0.938 bits per heavy atom. The second-order valence-corrected chi connectivity index (χ2v) is 61.4. The second-order valence-electron chi connectivity index (χ2n) is 4.49. The minimum absolute atomic E-state index is 0.101. The maximum absolute atomic E-state index is 5.74. The van der Waals surface area contributed by atoms with Crippen molar-refractivity contribution < 1.29 is 4.58 Å². The molecule has 0 radical (unpaired) electrons. The van der Waals surface area contributed by atoms with Gasteiger partial charge in [0.25, 0.3) is 0 Å². The average Bonchev–Trinajstić information content (AvgIpc) is 1.75. The van der Waals surface area contributed by atoms with Gasteiger partial charge < -0.3 is 0 Å². The van der Waals surface area contributed by atoms with E-state index in [2.05, 4.69) is 20.8 Å². The predicted octanol–water partition coefficient (Wildman–Crippen LogP) is 4.42. The molecule has 0 atom stereocenters. The Morgan fingerprint density at radius 3 is 1.12 bits per heavy atom. The third-order valence-corrected chi connectivity index (χ3v) is 1.25. The van der Waals surface area contributed by atoms with Gasteiger partial charge in [-0.3, -0.25) is 10.3 Å². The molecular weight excluding hydrogens is 447 g/mol. The summed E-state index contributed by atoms with van der Waals surface area (Å²) in [5.74, 6) is 0.919. The zero-order valence-corrected chi connectivity index (χ0v) is 16.8. The first kappa shape index (κ1) is 20.3. The third-order valence-electron chi connectivity index (χ3n) is 1.25. The fourth-order valence-electron chi connectivity index (χ4n) is 0.671. The van der Waals surface area contributed by atoms with Gasteiger partial charge in [0.15, 0.2) is 0 Å². The molecule has 0 unspecified atom stereocenters. The number of hydrogen-bond donors (Lipinski definition) is 1. The molecule has 0 heterocycles. The van der Waals surface area contributed by atoms with Gasteiger partial charge in [-0.15, -0.1) is 0 Å². The van der Waals surface area contributed by atoms with Gasteiger partial charge in [-0.25, -0.2) is 0 Å². The van der Waals surface area contributed by atoms with Crippen LogP contribution in [0.2, 0.25) is 0 Å². The Labute approximate surface area is 117 Å². The van der Waals surface area contributed by atoms with Gasteiger partial charge in [-0.1, -0.05) is 0 Å². The predicted molar refractivity (Wildman–Crippen MR) is 81.6 cm³/mol. The molecule has 0 saturated carbocycles. The van der Waals surface area contributed by atoms with Crippen molar-refractivity contribution in [2.24, 2.45) is 11.1 Å². The SMILES string of the molecule is C[N+](C)=C(N)C(C)(C)C.[Cl][Sb-]([Cl])([Cl])([Cl])([Cl])[Cl]. The van der Waals surface area contributed by atoms with Crippen LogP contribution in [0.25, 0.3) is 0 Å². The second kappa shape index (κ2) is 5.19. The van der Waals surface area contributed by atoms with Gasteiger partial charge in [-0.2, -0.15) is 0 Å². The van der Waals surface area contributed by atoms with Gasteiger partial charge in [-0.05, 0) is 20.8 Å². The van der Waals surface area contributed by atoms with Gasteiger partial charge in [0.2, 0.25) is 5.84 Å². The fraction of sp³-hybridized carbons (Fsp3) is 0.857. The summed E-state index contributed by atoms with van der Waals surface area (Å²) in [6.45, 7) is 6.30. The molecule has 0 rings (SSSR count). The number of amidine groups is 1. The van der Waals surface area contributed by atoms with E-state index in [-0.39, 0.29) is 5.41 Å². The summed E-state index contributed by atoms with van der Waals surface area (Å²) in [5.41, 5.74) is 5.84. The van der Waals surface area contributed by atoms with Crippen molar-refractivity contribution in [3.63, 3.8) is 0 Å². The van der Waals surface area contributed by atoms with Crippen molar-refractivity contribution in [2.45, 2.75) is 20.8 Å². The topological polar surface area (TPSA) is 29.0 Å². The quantitative estimate of drug-likeness (QED) is 0.245. The molecular formula is C7H17Cl6N2Sb. The van der Waals surface area contributed by atoms with E-state index in [9.17, 15) is 0 Å². The molecule has 16 heavy (non-hydrogen) atoms.